The van der Waals surface area contributed by atoms with Crippen LogP contribution in [0.4, 0.5) is 0 Å². The molecule has 6 aromatic carbocycles. The molecule has 0 saturated carbocycles. The van der Waals surface area contributed by atoms with Crippen molar-refractivity contribution < 1.29 is 13.9 Å². The molecule has 0 spiro atoms. The van der Waals surface area contributed by atoms with E-state index in [1.807, 2.05) is 54.6 Å². The highest BCUT2D eigenvalue weighted by molar-refractivity contribution is 6.25. The zero-order valence-electron chi connectivity index (χ0n) is 19.8. The van der Waals surface area contributed by atoms with Gasteiger partial charge in [-0.1, -0.05) is 72.8 Å². The Kier molecular flexibility index (Phi) is 4.23. The second kappa shape index (κ2) is 7.74. The lowest BCUT2D eigenvalue weighted by atomic mass is 9.93. The van der Waals surface area contributed by atoms with Gasteiger partial charge in [-0.05, 0) is 80.8 Å². The van der Waals surface area contributed by atoms with Crippen LogP contribution in [0.3, 0.4) is 0 Å². The summed E-state index contributed by atoms with van der Waals surface area (Å²) < 4.78 is 18.5. The number of fused-ring (bicyclic) bond motifs is 8. The zero-order valence-corrected chi connectivity index (χ0v) is 19.8. The minimum atomic E-state index is 0.679. The highest BCUT2D eigenvalue weighted by Crippen LogP contribution is 2.46. The molecule has 1 aliphatic rings. The van der Waals surface area contributed by atoms with Gasteiger partial charge in [0, 0.05) is 11.1 Å². The van der Waals surface area contributed by atoms with Gasteiger partial charge in [-0.2, -0.15) is 0 Å². The summed E-state index contributed by atoms with van der Waals surface area (Å²) in [6, 6.07) is 41.5. The molecule has 0 unspecified atom stereocenters. The van der Waals surface area contributed by atoms with Crippen molar-refractivity contribution >= 4 is 32.3 Å². The van der Waals surface area contributed by atoms with E-state index in [0.29, 0.717) is 17.2 Å². The minimum absolute atomic E-state index is 0.679. The van der Waals surface area contributed by atoms with E-state index in [-0.39, 0.29) is 0 Å². The minimum Gasteiger partial charge on any atom is -0.456 e. The van der Waals surface area contributed by atoms with Crippen molar-refractivity contribution in [1.82, 2.24) is 0 Å². The second-order valence-corrected chi connectivity index (χ2v) is 9.33. The maximum absolute atomic E-state index is 6.37. The Bertz CT molecular complexity index is 1960. The van der Waals surface area contributed by atoms with Crippen molar-refractivity contribution in [2.24, 2.45) is 0 Å². The Hall–Kier alpha value is -5.02. The first kappa shape index (κ1) is 20.2. The number of para-hydroxylation sites is 2. The number of hydrogen-bond acceptors (Lipinski definition) is 3. The van der Waals surface area contributed by atoms with Crippen molar-refractivity contribution in [1.29, 1.82) is 0 Å². The van der Waals surface area contributed by atoms with E-state index < -0.39 is 0 Å². The summed E-state index contributed by atoms with van der Waals surface area (Å²) in [6.07, 6.45) is 0. The van der Waals surface area contributed by atoms with Crippen LogP contribution in [0.25, 0.3) is 55.0 Å². The summed E-state index contributed by atoms with van der Waals surface area (Å²) in [6.45, 7) is 0. The summed E-state index contributed by atoms with van der Waals surface area (Å²) in [5.74, 6) is 4.42. The van der Waals surface area contributed by atoms with Crippen LogP contribution >= 0.6 is 0 Å². The van der Waals surface area contributed by atoms with Gasteiger partial charge in [0.05, 0.1) is 0 Å². The number of benzene rings is 6. The average molecular weight is 477 g/mol. The van der Waals surface area contributed by atoms with E-state index in [1.165, 1.54) is 32.3 Å². The smallest absolute Gasteiger partial charge is 0.170 e. The lowest BCUT2D eigenvalue weighted by molar-refractivity contribution is 0.359. The molecule has 0 bridgehead atoms. The third-order valence-corrected chi connectivity index (χ3v) is 7.15. The van der Waals surface area contributed by atoms with E-state index >= 15 is 0 Å². The molecule has 0 atom stereocenters. The fourth-order valence-corrected chi connectivity index (χ4v) is 5.39. The lowest BCUT2D eigenvalue weighted by Gasteiger charge is -2.20. The van der Waals surface area contributed by atoms with E-state index in [2.05, 4.69) is 66.7 Å². The van der Waals surface area contributed by atoms with Crippen LogP contribution in [0.1, 0.15) is 0 Å². The van der Waals surface area contributed by atoms with Crippen LogP contribution in [0.15, 0.2) is 126 Å². The van der Waals surface area contributed by atoms with Gasteiger partial charge in [-0.15, -0.1) is 0 Å². The van der Waals surface area contributed by atoms with Crippen molar-refractivity contribution in [3.63, 3.8) is 0 Å². The van der Waals surface area contributed by atoms with Crippen LogP contribution in [-0.2, 0) is 0 Å². The summed E-state index contributed by atoms with van der Waals surface area (Å²) in [7, 11) is 0. The molecular weight excluding hydrogens is 456 g/mol. The van der Waals surface area contributed by atoms with Crippen LogP contribution in [0.2, 0.25) is 0 Å². The van der Waals surface area contributed by atoms with Gasteiger partial charge in [-0.3, -0.25) is 0 Å². The SMILES string of the molecule is c1ccc2c(c1)Oc1ccc(-c3ccc(-c4ccc5c6ccccc6c6ccccc6c5c4)o3)cc1O2. The molecule has 0 fully saturated rings. The third-order valence-electron chi connectivity index (χ3n) is 7.15. The number of ether oxygens (including phenoxy) is 2. The molecule has 3 heteroatoms. The molecule has 0 radical (unpaired) electrons. The molecule has 1 aromatic heterocycles. The molecule has 2 heterocycles. The maximum Gasteiger partial charge on any atom is 0.170 e. The van der Waals surface area contributed by atoms with Crippen molar-refractivity contribution in [2.75, 3.05) is 0 Å². The van der Waals surface area contributed by atoms with Gasteiger partial charge in [-0.25, -0.2) is 0 Å². The Morgan fingerprint density at radius 3 is 1.43 bits per heavy atom. The monoisotopic (exact) mass is 476 g/mol. The summed E-state index contributed by atoms with van der Waals surface area (Å²) in [4.78, 5) is 0. The summed E-state index contributed by atoms with van der Waals surface area (Å²) in [5, 5.41) is 7.53. The molecule has 7 aromatic rings. The van der Waals surface area contributed by atoms with Crippen LogP contribution < -0.4 is 9.47 Å². The number of hydrogen-bond donors (Lipinski definition) is 0. The van der Waals surface area contributed by atoms with E-state index in [9.17, 15) is 0 Å². The van der Waals surface area contributed by atoms with Gasteiger partial charge in [0.25, 0.3) is 0 Å². The molecule has 1 aliphatic heterocycles. The third kappa shape index (κ3) is 3.14. The topological polar surface area (TPSA) is 31.6 Å². The number of furan rings is 1. The first-order chi connectivity index (χ1) is 18.3. The van der Waals surface area contributed by atoms with Crippen LogP contribution in [-0.4, -0.2) is 0 Å². The number of rotatable bonds is 2. The fraction of sp³-hybridized carbons (Fsp3) is 0. The molecule has 0 N–H and O–H groups in total. The highest BCUT2D eigenvalue weighted by Gasteiger charge is 2.20. The maximum atomic E-state index is 6.37. The van der Waals surface area contributed by atoms with Crippen LogP contribution in [0.5, 0.6) is 23.0 Å². The molecule has 0 aliphatic carbocycles. The molecular formula is C34H20O3. The normalized spacial score (nSPS) is 12.2. The summed E-state index contributed by atoms with van der Waals surface area (Å²) in [5.41, 5.74) is 1.98. The zero-order chi connectivity index (χ0) is 24.3. The molecule has 3 nitrogen and oxygen atoms in total. The average Bonchev–Trinajstić information content (AvgIpc) is 3.46. The summed E-state index contributed by atoms with van der Waals surface area (Å²) >= 11 is 0. The molecule has 37 heavy (non-hydrogen) atoms. The Morgan fingerprint density at radius 1 is 0.324 bits per heavy atom. The molecule has 8 rings (SSSR count). The van der Waals surface area contributed by atoms with Crippen molar-refractivity contribution in [3.05, 3.63) is 121 Å². The van der Waals surface area contributed by atoms with E-state index in [4.69, 9.17) is 13.9 Å². The molecule has 0 amide bonds. The highest BCUT2D eigenvalue weighted by atomic mass is 16.6. The predicted molar refractivity (Wildman–Crippen MR) is 149 cm³/mol. The standard InChI is InChI=1S/C34H20O3/c1-2-9-25-23(7-1)24-8-3-4-10-26(24)28-19-21(13-15-27(25)28)29-17-18-30(35-29)22-14-16-33-34(20-22)37-32-12-6-5-11-31(32)36-33/h1-20H. The van der Waals surface area contributed by atoms with E-state index in [0.717, 1.165) is 28.4 Å². The van der Waals surface area contributed by atoms with Crippen molar-refractivity contribution in [3.8, 4) is 45.6 Å². The first-order valence-electron chi connectivity index (χ1n) is 12.3. The lowest BCUT2D eigenvalue weighted by Crippen LogP contribution is -1.98. The first-order valence-corrected chi connectivity index (χ1v) is 12.3. The fourth-order valence-electron chi connectivity index (χ4n) is 5.39. The van der Waals surface area contributed by atoms with Gasteiger partial charge >= 0.3 is 0 Å². The molecule has 174 valence electrons. The van der Waals surface area contributed by atoms with Gasteiger partial charge < -0.3 is 13.9 Å². The van der Waals surface area contributed by atoms with Gasteiger partial charge in [0.15, 0.2) is 23.0 Å². The predicted octanol–water partition coefficient (Wildman–Crippen LogP) is 9.97. The second-order valence-electron chi connectivity index (χ2n) is 9.33. The Morgan fingerprint density at radius 2 is 0.784 bits per heavy atom. The molecule has 0 saturated heterocycles. The Balaban J connectivity index is 1.22. The van der Waals surface area contributed by atoms with Crippen LogP contribution in [0, 0.1) is 0 Å². The van der Waals surface area contributed by atoms with Gasteiger partial charge in [0.1, 0.15) is 11.5 Å². The van der Waals surface area contributed by atoms with Crippen molar-refractivity contribution in [2.45, 2.75) is 0 Å². The quantitative estimate of drug-likeness (QED) is 0.233. The largest absolute Gasteiger partial charge is 0.456 e. The van der Waals surface area contributed by atoms with Gasteiger partial charge in [0.2, 0.25) is 0 Å². The Labute approximate surface area is 213 Å². The van der Waals surface area contributed by atoms with E-state index in [1.54, 1.807) is 0 Å².